The number of rotatable bonds is 3. The van der Waals surface area contributed by atoms with Crippen molar-refractivity contribution in [3.63, 3.8) is 0 Å². The molecule has 0 aromatic heterocycles. The smallest absolute Gasteiger partial charge is 0.348 e. The predicted octanol–water partition coefficient (Wildman–Crippen LogP) is 0.599. The number of carbonyl (C=O) groups is 3. The second-order valence-corrected chi connectivity index (χ2v) is 4.83. The molecule has 1 rings (SSSR count). The Hall–Kier alpha value is -1.85. The third-order valence-corrected chi connectivity index (χ3v) is 2.12. The van der Waals surface area contributed by atoms with Crippen molar-refractivity contribution in [2.75, 3.05) is 6.61 Å². The molecule has 2 atom stereocenters. The molecule has 0 aromatic carbocycles. The van der Waals surface area contributed by atoms with Crippen molar-refractivity contribution >= 4 is 17.9 Å². The van der Waals surface area contributed by atoms with Crippen LogP contribution in [0, 0.1) is 5.92 Å². The number of hydrogen-bond donors (Lipinski definition) is 0. The van der Waals surface area contributed by atoms with Crippen LogP contribution in [0.5, 0.6) is 0 Å². The molecule has 100 valence electrons. The lowest BCUT2D eigenvalue weighted by Gasteiger charge is -2.22. The van der Waals surface area contributed by atoms with Crippen molar-refractivity contribution in [2.45, 2.75) is 32.5 Å². The van der Waals surface area contributed by atoms with Crippen molar-refractivity contribution < 1.29 is 28.6 Å². The van der Waals surface area contributed by atoms with Crippen molar-refractivity contribution in [2.24, 2.45) is 5.92 Å². The second-order valence-electron chi connectivity index (χ2n) is 4.83. The van der Waals surface area contributed by atoms with Crippen molar-refractivity contribution in [3.8, 4) is 0 Å². The molecule has 1 aliphatic rings. The van der Waals surface area contributed by atoms with E-state index in [1.54, 1.807) is 20.8 Å². The highest BCUT2D eigenvalue weighted by molar-refractivity contribution is 5.90. The maximum absolute atomic E-state index is 11.8. The van der Waals surface area contributed by atoms with Gasteiger partial charge in [-0.15, -0.1) is 0 Å². The van der Waals surface area contributed by atoms with Crippen LogP contribution in [-0.4, -0.2) is 36.2 Å². The number of carbonyl (C=O) groups excluding carboxylic acids is 3. The Bertz CT molecular complexity index is 379. The first-order chi connectivity index (χ1) is 8.24. The van der Waals surface area contributed by atoms with Crippen LogP contribution in [0.2, 0.25) is 0 Å². The van der Waals surface area contributed by atoms with E-state index in [1.807, 2.05) is 0 Å². The van der Waals surface area contributed by atoms with E-state index in [0.29, 0.717) is 0 Å². The molecule has 2 unspecified atom stereocenters. The van der Waals surface area contributed by atoms with Crippen LogP contribution in [0.1, 0.15) is 20.8 Å². The van der Waals surface area contributed by atoms with Gasteiger partial charge in [-0.25, -0.2) is 9.59 Å². The average molecular weight is 256 g/mol. The molecule has 1 saturated heterocycles. The second kappa shape index (κ2) is 5.20. The summed E-state index contributed by atoms with van der Waals surface area (Å²) in [7, 11) is 0. The Kier molecular flexibility index (Phi) is 4.11. The van der Waals surface area contributed by atoms with E-state index in [1.165, 1.54) is 0 Å². The minimum atomic E-state index is -1.26. The molecule has 1 aliphatic heterocycles. The molecule has 1 heterocycles. The van der Waals surface area contributed by atoms with Gasteiger partial charge >= 0.3 is 17.9 Å². The highest BCUT2D eigenvalue weighted by atomic mass is 16.6. The first kappa shape index (κ1) is 14.2. The molecule has 18 heavy (non-hydrogen) atoms. The lowest BCUT2D eigenvalue weighted by atomic mass is 10.1. The van der Waals surface area contributed by atoms with Gasteiger partial charge in [0.2, 0.25) is 6.10 Å². The monoisotopic (exact) mass is 256 g/mol. The molecule has 6 heteroatoms. The van der Waals surface area contributed by atoms with Gasteiger partial charge in [0.15, 0.2) is 0 Å². The van der Waals surface area contributed by atoms with Crippen LogP contribution in [-0.2, 0) is 28.6 Å². The van der Waals surface area contributed by atoms with Gasteiger partial charge in [-0.3, -0.25) is 4.79 Å². The molecular weight excluding hydrogens is 240 g/mol. The van der Waals surface area contributed by atoms with Crippen LogP contribution < -0.4 is 0 Å². The zero-order valence-corrected chi connectivity index (χ0v) is 10.6. The Morgan fingerprint density at radius 3 is 2.56 bits per heavy atom. The van der Waals surface area contributed by atoms with E-state index < -0.39 is 35.5 Å². The molecule has 0 bridgehead atoms. The Morgan fingerprint density at radius 2 is 2.06 bits per heavy atom. The number of cyclic esters (lactones) is 1. The topological polar surface area (TPSA) is 78.9 Å². The quantitative estimate of drug-likeness (QED) is 0.418. The molecule has 0 amide bonds. The van der Waals surface area contributed by atoms with E-state index >= 15 is 0 Å². The minimum absolute atomic E-state index is 0.150. The van der Waals surface area contributed by atoms with Gasteiger partial charge in [0.1, 0.15) is 18.1 Å². The average Bonchev–Trinajstić information content (AvgIpc) is 2.58. The highest BCUT2D eigenvalue weighted by Crippen LogP contribution is 2.22. The standard InChI is InChI=1S/C12H16O6/c1-5-8(13)17-9-7(6-16-11(9)15)10(14)18-12(2,3)4/h5,7,9H,1,6H2,2-4H3. The van der Waals surface area contributed by atoms with Crippen LogP contribution in [0.3, 0.4) is 0 Å². The third kappa shape index (κ3) is 3.58. The summed E-state index contributed by atoms with van der Waals surface area (Å²) in [6.07, 6.45) is -0.344. The van der Waals surface area contributed by atoms with Crippen LogP contribution in [0.25, 0.3) is 0 Å². The third-order valence-electron chi connectivity index (χ3n) is 2.12. The lowest BCUT2D eigenvalue weighted by molar-refractivity contribution is -0.168. The summed E-state index contributed by atoms with van der Waals surface area (Å²) in [4.78, 5) is 34.2. The number of esters is 3. The van der Waals surface area contributed by atoms with Gasteiger partial charge in [0.25, 0.3) is 0 Å². The Labute approximate surface area is 105 Å². The molecule has 0 spiro atoms. The van der Waals surface area contributed by atoms with E-state index in [2.05, 4.69) is 6.58 Å². The molecule has 0 N–H and O–H groups in total. The maximum Gasteiger partial charge on any atom is 0.348 e. The van der Waals surface area contributed by atoms with E-state index in [-0.39, 0.29) is 6.61 Å². The van der Waals surface area contributed by atoms with Crippen molar-refractivity contribution in [1.29, 1.82) is 0 Å². The minimum Gasteiger partial charge on any atom is -0.462 e. The fourth-order valence-electron chi connectivity index (χ4n) is 1.38. The van der Waals surface area contributed by atoms with E-state index in [9.17, 15) is 14.4 Å². The van der Waals surface area contributed by atoms with Crippen LogP contribution in [0.4, 0.5) is 0 Å². The molecule has 1 fully saturated rings. The van der Waals surface area contributed by atoms with Crippen molar-refractivity contribution in [3.05, 3.63) is 12.7 Å². The summed E-state index contributed by atoms with van der Waals surface area (Å²) < 4.78 is 14.6. The van der Waals surface area contributed by atoms with Crippen LogP contribution in [0.15, 0.2) is 12.7 Å². The van der Waals surface area contributed by atoms with Gasteiger partial charge in [-0.2, -0.15) is 0 Å². The van der Waals surface area contributed by atoms with Gasteiger partial charge in [0, 0.05) is 6.08 Å². The highest BCUT2D eigenvalue weighted by Gasteiger charge is 2.46. The molecule has 6 nitrogen and oxygen atoms in total. The van der Waals surface area contributed by atoms with Gasteiger partial charge in [0.05, 0.1) is 0 Å². The van der Waals surface area contributed by atoms with Gasteiger partial charge in [-0.05, 0) is 20.8 Å². The molecule has 0 aliphatic carbocycles. The summed E-state index contributed by atoms with van der Waals surface area (Å²) >= 11 is 0. The van der Waals surface area contributed by atoms with Gasteiger partial charge < -0.3 is 14.2 Å². The molecule has 0 aromatic rings. The van der Waals surface area contributed by atoms with E-state index in [0.717, 1.165) is 6.08 Å². The zero-order chi connectivity index (χ0) is 13.9. The fourth-order valence-corrected chi connectivity index (χ4v) is 1.38. The fraction of sp³-hybridized carbons (Fsp3) is 0.583. The molecular formula is C12H16O6. The summed E-state index contributed by atoms with van der Waals surface area (Å²) in [5.74, 6) is -3.09. The largest absolute Gasteiger partial charge is 0.462 e. The lowest BCUT2D eigenvalue weighted by Crippen LogP contribution is -2.37. The first-order valence-electron chi connectivity index (χ1n) is 5.47. The summed E-state index contributed by atoms with van der Waals surface area (Å²) in [6.45, 7) is 8.17. The predicted molar refractivity (Wildman–Crippen MR) is 60.4 cm³/mol. The SMILES string of the molecule is C=CC(=O)OC1C(=O)OCC1C(=O)OC(C)(C)C. The van der Waals surface area contributed by atoms with E-state index in [4.69, 9.17) is 14.2 Å². The summed E-state index contributed by atoms with van der Waals surface area (Å²) in [5.41, 5.74) is -0.685. The first-order valence-corrected chi connectivity index (χ1v) is 5.47. The Morgan fingerprint density at radius 1 is 1.44 bits per heavy atom. The van der Waals surface area contributed by atoms with Crippen molar-refractivity contribution in [1.82, 2.24) is 0 Å². The summed E-state index contributed by atoms with van der Waals surface area (Å²) in [5, 5.41) is 0. The normalized spacial score (nSPS) is 23.2. The van der Waals surface area contributed by atoms with Crippen LogP contribution >= 0.6 is 0 Å². The number of hydrogen-bond acceptors (Lipinski definition) is 6. The zero-order valence-electron chi connectivity index (χ0n) is 10.6. The summed E-state index contributed by atoms with van der Waals surface area (Å²) in [6, 6.07) is 0. The maximum atomic E-state index is 11.8. The molecule has 0 saturated carbocycles. The number of ether oxygens (including phenoxy) is 3. The van der Waals surface area contributed by atoms with Gasteiger partial charge in [-0.1, -0.05) is 6.58 Å². The molecule has 0 radical (unpaired) electrons. The Balaban J connectivity index is 2.74.